The minimum Gasteiger partial charge on any atom is -0.374 e. The summed E-state index contributed by atoms with van der Waals surface area (Å²) in [6, 6.07) is 0. The molecule has 0 aromatic carbocycles. The Morgan fingerprint density at radius 2 is 2.46 bits per heavy atom. The summed E-state index contributed by atoms with van der Waals surface area (Å²) >= 11 is 0. The summed E-state index contributed by atoms with van der Waals surface area (Å²) in [5.74, 6) is 0.704. The van der Waals surface area contributed by atoms with Gasteiger partial charge in [-0.15, -0.1) is 0 Å². The number of aliphatic hydroxyl groups is 1. The number of hydrogen-bond donors (Lipinski definition) is 2. The Balaban J connectivity index is 2.08. The molecule has 70 valence electrons. The molecule has 0 bridgehead atoms. The first-order valence-corrected chi connectivity index (χ1v) is 4.56. The molecule has 0 aliphatic heterocycles. The van der Waals surface area contributed by atoms with Crippen molar-refractivity contribution >= 4 is 5.78 Å². The van der Waals surface area contributed by atoms with Gasteiger partial charge in [0.2, 0.25) is 0 Å². The van der Waals surface area contributed by atoms with Gasteiger partial charge in [0, 0.05) is 17.7 Å². The summed E-state index contributed by atoms with van der Waals surface area (Å²) in [6.45, 7) is 1.66. The van der Waals surface area contributed by atoms with Crippen LogP contribution in [-0.4, -0.2) is 17.1 Å². The lowest BCUT2D eigenvalue weighted by Gasteiger charge is -2.31. The lowest BCUT2D eigenvalue weighted by atomic mass is 9.73. The van der Waals surface area contributed by atoms with Crippen LogP contribution in [0, 0.1) is 5.92 Å². The maximum atomic E-state index is 11.1. The molecule has 0 heterocycles. The van der Waals surface area contributed by atoms with Gasteiger partial charge in [0.05, 0.1) is 0 Å². The topological polar surface area (TPSA) is 49.3 Å². The Hall–Kier alpha value is -1.09. The molecule has 3 nitrogen and oxygen atoms in total. The van der Waals surface area contributed by atoms with Gasteiger partial charge in [-0.2, -0.15) is 0 Å². The highest BCUT2D eigenvalue weighted by atomic mass is 16.3. The van der Waals surface area contributed by atoms with Crippen LogP contribution in [0.15, 0.2) is 23.4 Å². The van der Waals surface area contributed by atoms with Crippen LogP contribution >= 0.6 is 0 Å². The van der Waals surface area contributed by atoms with Crippen LogP contribution in [-0.2, 0) is 4.79 Å². The number of hydrogen-bond acceptors (Lipinski definition) is 3. The van der Waals surface area contributed by atoms with E-state index in [0.29, 0.717) is 12.3 Å². The van der Waals surface area contributed by atoms with E-state index in [4.69, 9.17) is 5.11 Å². The Morgan fingerprint density at radius 3 is 3.08 bits per heavy atom. The smallest absolute Gasteiger partial charge is 0.159 e. The second kappa shape index (κ2) is 3.00. The van der Waals surface area contributed by atoms with Crippen molar-refractivity contribution in [3.05, 3.63) is 23.4 Å². The van der Waals surface area contributed by atoms with Crippen molar-refractivity contribution in [1.82, 2.24) is 5.32 Å². The third-order valence-electron chi connectivity index (χ3n) is 2.50. The Kier molecular flexibility index (Phi) is 1.96. The van der Waals surface area contributed by atoms with Crippen LogP contribution in [0.5, 0.6) is 0 Å². The zero-order valence-electron chi connectivity index (χ0n) is 7.58. The molecule has 0 aromatic heterocycles. The molecule has 1 fully saturated rings. The van der Waals surface area contributed by atoms with Crippen LogP contribution in [0.25, 0.3) is 0 Å². The highest BCUT2D eigenvalue weighted by Crippen LogP contribution is 2.36. The van der Waals surface area contributed by atoms with Crippen molar-refractivity contribution in [2.45, 2.75) is 26.0 Å². The summed E-state index contributed by atoms with van der Waals surface area (Å²) in [6.07, 6.45) is 4.95. The van der Waals surface area contributed by atoms with Gasteiger partial charge in [-0.05, 0) is 25.3 Å². The van der Waals surface area contributed by atoms with Gasteiger partial charge in [0.15, 0.2) is 5.78 Å². The van der Waals surface area contributed by atoms with E-state index in [2.05, 4.69) is 5.32 Å². The summed E-state index contributed by atoms with van der Waals surface area (Å²) in [5.41, 5.74) is 1.79. The third-order valence-corrected chi connectivity index (χ3v) is 2.50. The van der Waals surface area contributed by atoms with Crippen molar-refractivity contribution in [3.63, 3.8) is 0 Å². The van der Waals surface area contributed by atoms with E-state index in [9.17, 15) is 4.79 Å². The second-order valence-electron chi connectivity index (χ2n) is 3.64. The van der Waals surface area contributed by atoms with E-state index in [1.807, 2.05) is 12.2 Å². The van der Waals surface area contributed by atoms with E-state index in [-0.39, 0.29) is 5.78 Å². The highest BCUT2D eigenvalue weighted by Gasteiger charge is 2.34. The van der Waals surface area contributed by atoms with Crippen molar-refractivity contribution in [3.8, 4) is 0 Å². The normalized spacial score (nSPS) is 28.2. The zero-order chi connectivity index (χ0) is 9.42. The van der Waals surface area contributed by atoms with Gasteiger partial charge < -0.3 is 10.4 Å². The standard InChI is InChI=1S/C10H13NO2/c1-6(12)11-8-3-2-7-4-10(13)9(7)5-8/h3,5-7,11-12H,2,4H2,1H3. The number of carbonyl (C=O) groups is 1. The molecule has 2 N–H and O–H groups in total. The molecular formula is C10H13NO2. The molecule has 2 unspecified atom stereocenters. The molecular weight excluding hydrogens is 166 g/mol. The maximum absolute atomic E-state index is 11.1. The lowest BCUT2D eigenvalue weighted by Crippen LogP contribution is -2.32. The number of allylic oxidation sites excluding steroid dienone is 3. The highest BCUT2D eigenvalue weighted by molar-refractivity contribution is 6.03. The molecule has 13 heavy (non-hydrogen) atoms. The lowest BCUT2D eigenvalue weighted by molar-refractivity contribution is -0.120. The minimum atomic E-state index is -0.560. The first-order chi connectivity index (χ1) is 6.16. The fourth-order valence-corrected chi connectivity index (χ4v) is 1.79. The van der Waals surface area contributed by atoms with E-state index >= 15 is 0 Å². The zero-order valence-corrected chi connectivity index (χ0v) is 7.58. The number of nitrogens with one attached hydrogen (secondary N) is 1. The molecule has 0 amide bonds. The van der Waals surface area contributed by atoms with Gasteiger partial charge in [-0.25, -0.2) is 0 Å². The van der Waals surface area contributed by atoms with Gasteiger partial charge in [0.1, 0.15) is 6.23 Å². The molecule has 3 heteroatoms. The Morgan fingerprint density at radius 1 is 1.69 bits per heavy atom. The average Bonchev–Trinajstić information content (AvgIpc) is 2.05. The fourth-order valence-electron chi connectivity index (χ4n) is 1.79. The average molecular weight is 179 g/mol. The summed E-state index contributed by atoms with van der Waals surface area (Å²) in [4.78, 5) is 11.1. The molecule has 0 radical (unpaired) electrons. The maximum Gasteiger partial charge on any atom is 0.159 e. The minimum absolute atomic E-state index is 0.253. The van der Waals surface area contributed by atoms with Crippen molar-refractivity contribution in [2.24, 2.45) is 5.92 Å². The molecule has 0 saturated heterocycles. The molecule has 0 spiro atoms. The van der Waals surface area contributed by atoms with Gasteiger partial charge in [0.25, 0.3) is 0 Å². The number of Topliss-reactive ketones (excluding diaryl/α,β-unsaturated/α-hetero) is 1. The van der Waals surface area contributed by atoms with Gasteiger partial charge in [-0.1, -0.05) is 6.08 Å². The van der Waals surface area contributed by atoms with Crippen LogP contribution in [0.1, 0.15) is 19.8 Å². The number of aliphatic hydroxyl groups excluding tert-OH is 1. The quantitative estimate of drug-likeness (QED) is 0.614. The summed E-state index contributed by atoms with van der Waals surface area (Å²) in [5, 5.41) is 11.9. The Labute approximate surface area is 77.1 Å². The van der Waals surface area contributed by atoms with Crippen LogP contribution in [0.2, 0.25) is 0 Å². The molecule has 2 aliphatic rings. The number of fused-ring (bicyclic) bond motifs is 1. The number of carbonyl (C=O) groups excluding carboxylic acids is 1. The molecule has 1 saturated carbocycles. The molecule has 2 atom stereocenters. The van der Waals surface area contributed by atoms with E-state index in [0.717, 1.165) is 17.7 Å². The monoisotopic (exact) mass is 179 g/mol. The molecule has 0 aromatic rings. The van der Waals surface area contributed by atoms with Gasteiger partial charge >= 0.3 is 0 Å². The van der Waals surface area contributed by atoms with E-state index in [1.165, 1.54) is 0 Å². The first kappa shape index (κ1) is 8.51. The Bertz CT molecular complexity index is 302. The molecule has 2 rings (SSSR count). The summed E-state index contributed by atoms with van der Waals surface area (Å²) in [7, 11) is 0. The van der Waals surface area contributed by atoms with E-state index in [1.54, 1.807) is 6.92 Å². The molecule has 2 aliphatic carbocycles. The SMILES string of the molecule is CC(O)NC1=CCC2CC(=O)C2=C1. The van der Waals surface area contributed by atoms with E-state index < -0.39 is 6.23 Å². The third kappa shape index (κ3) is 1.52. The predicted molar refractivity (Wildman–Crippen MR) is 48.7 cm³/mol. The fraction of sp³-hybridized carbons (Fsp3) is 0.500. The predicted octanol–water partition coefficient (Wildman–Crippen LogP) is 0.717. The van der Waals surface area contributed by atoms with Crippen molar-refractivity contribution < 1.29 is 9.90 Å². The van der Waals surface area contributed by atoms with Crippen molar-refractivity contribution in [1.29, 1.82) is 0 Å². The van der Waals surface area contributed by atoms with Crippen molar-refractivity contribution in [2.75, 3.05) is 0 Å². The second-order valence-corrected chi connectivity index (χ2v) is 3.64. The number of ketones is 1. The van der Waals surface area contributed by atoms with Crippen LogP contribution in [0.4, 0.5) is 0 Å². The number of rotatable bonds is 2. The van der Waals surface area contributed by atoms with Gasteiger partial charge in [-0.3, -0.25) is 4.79 Å². The van der Waals surface area contributed by atoms with Crippen LogP contribution in [0.3, 0.4) is 0 Å². The van der Waals surface area contributed by atoms with Crippen LogP contribution < -0.4 is 5.32 Å². The summed E-state index contributed by atoms with van der Waals surface area (Å²) < 4.78 is 0. The largest absolute Gasteiger partial charge is 0.374 e. The first-order valence-electron chi connectivity index (χ1n) is 4.56.